The van der Waals surface area contributed by atoms with E-state index < -0.39 is 0 Å². The highest BCUT2D eigenvalue weighted by Crippen LogP contribution is 2.33. The smallest absolute Gasteiger partial charge is 0.243 e. The molecular weight excluding hydrogens is 261 g/mol. The van der Waals surface area contributed by atoms with Crippen LogP contribution in [-0.2, 0) is 0 Å². The van der Waals surface area contributed by atoms with Crippen molar-refractivity contribution in [3.05, 3.63) is 34.2 Å². The number of rotatable bonds is 2. The Hall–Kier alpha value is -1.39. The van der Waals surface area contributed by atoms with Crippen LogP contribution in [0.25, 0.3) is 11.3 Å². The second kappa shape index (κ2) is 4.85. The zero-order valence-electron chi connectivity index (χ0n) is 9.24. The van der Waals surface area contributed by atoms with Crippen LogP contribution in [-0.4, -0.2) is 22.3 Å². The van der Waals surface area contributed by atoms with E-state index >= 15 is 0 Å². The van der Waals surface area contributed by atoms with Crippen molar-refractivity contribution < 1.29 is 4.74 Å². The molecule has 2 rings (SSSR count). The molecule has 0 N–H and O–H groups in total. The van der Waals surface area contributed by atoms with Gasteiger partial charge < -0.3 is 4.74 Å². The molecule has 0 bridgehead atoms. The zero-order valence-corrected chi connectivity index (χ0v) is 10.7. The van der Waals surface area contributed by atoms with Crippen LogP contribution in [0.3, 0.4) is 0 Å². The molecule has 1 aromatic carbocycles. The molecule has 0 aliphatic heterocycles. The SMILES string of the molecule is COc1cc(C)c(Cl)cc1-c1cnnc(Cl)n1. The van der Waals surface area contributed by atoms with Gasteiger partial charge in [0.25, 0.3) is 0 Å². The minimum absolute atomic E-state index is 0.0845. The van der Waals surface area contributed by atoms with Crippen LogP contribution in [0.2, 0.25) is 10.3 Å². The highest BCUT2D eigenvalue weighted by atomic mass is 35.5. The summed E-state index contributed by atoms with van der Waals surface area (Å²) in [5.41, 5.74) is 2.24. The predicted molar refractivity (Wildman–Crippen MR) is 66.6 cm³/mol. The molecule has 2 aromatic rings. The van der Waals surface area contributed by atoms with Gasteiger partial charge in [-0.25, -0.2) is 4.98 Å². The van der Waals surface area contributed by atoms with E-state index in [-0.39, 0.29) is 5.28 Å². The fraction of sp³-hybridized carbons (Fsp3) is 0.182. The molecule has 0 unspecified atom stereocenters. The van der Waals surface area contributed by atoms with Gasteiger partial charge in [-0.05, 0) is 36.2 Å². The number of methoxy groups -OCH3 is 1. The van der Waals surface area contributed by atoms with Gasteiger partial charge in [0, 0.05) is 10.6 Å². The molecule has 1 heterocycles. The summed E-state index contributed by atoms with van der Waals surface area (Å²) in [7, 11) is 1.59. The fourth-order valence-electron chi connectivity index (χ4n) is 1.44. The predicted octanol–water partition coefficient (Wildman–Crippen LogP) is 3.16. The highest BCUT2D eigenvalue weighted by molar-refractivity contribution is 6.31. The van der Waals surface area contributed by atoms with Crippen molar-refractivity contribution in [1.29, 1.82) is 0 Å². The van der Waals surface area contributed by atoms with Crippen LogP contribution < -0.4 is 4.74 Å². The van der Waals surface area contributed by atoms with E-state index in [1.54, 1.807) is 13.2 Å². The fourth-order valence-corrected chi connectivity index (χ4v) is 1.73. The summed E-state index contributed by atoms with van der Waals surface area (Å²) in [6.07, 6.45) is 1.51. The Balaban J connectivity index is 2.62. The summed E-state index contributed by atoms with van der Waals surface area (Å²) in [5, 5.41) is 8.06. The molecule has 6 heteroatoms. The van der Waals surface area contributed by atoms with Crippen molar-refractivity contribution in [2.24, 2.45) is 0 Å². The van der Waals surface area contributed by atoms with Crippen molar-refractivity contribution in [3.8, 4) is 17.0 Å². The van der Waals surface area contributed by atoms with E-state index in [9.17, 15) is 0 Å². The summed E-state index contributed by atoms with van der Waals surface area (Å²) >= 11 is 11.8. The zero-order chi connectivity index (χ0) is 12.4. The third kappa shape index (κ3) is 2.48. The van der Waals surface area contributed by atoms with Crippen molar-refractivity contribution >= 4 is 23.2 Å². The molecule has 4 nitrogen and oxygen atoms in total. The average Bonchev–Trinajstić information content (AvgIpc) is 2.32. The molecule has 1 aromatic heterocycles. The van der Waals surface area contributed by atoms with Crippen LogP contribution >= 0.6 is 23.2 Å². The monoisotopic (exact) mass is 269 g/mol. The Kier molecular flexibility index (Phi) is 3.45. The third-order valence-corrected chi connectivity index (χ3v) is 2.86. The van der Waals surface area contributed by atoms with Crippen LogP contribution in [0.5, 0.6) is 5.75 Å². The summed E-state index contributed by atoms with van der Waals surface area (Å²) in [6, 6.07) is 3.61. The summed E-state index contributed by atoms with van der Waals surface area (Å²) in [5.74, 6) is 0.670. The van der Waals surface area contributed by atoms with Gasteiger partial charge in [0.2, 0.25) is 5.28 Å². The molecule has 0 aliphatic carbocycles. The number of hydrogen-bond donors (Lipinski definition) is 0. The number of aryl methyl sites for hydroxylation is 1. The molecule has 0 atom stereocenters. The minimum Gasteiger partial charge on any atom is -0.496 e. The Morgan fingerprint density at radius 1 is 1.24 bits per heavy atom. The average molecular weight is 270 g/mol. The van der Waals surface area contributed by atoms with E-state index in [4.69, 9.17) is 27.9 Å². The van der Waals surface area contributed by atoms with Gasteiger partial charge in [-0.3, -0.25) is 0 Å². The van der Waals surface area contributed by atoms with Crippen molar-refractivity contribution in [2.45, 2.75) is 6.92 Å². The Morgan fingerprint density at radius 3 is 2.65 bits per heavy atom. The first-order valence-corrected chi connectivity index (χ1v) is 5.57. The first-order chi connectivity index (χ1) is 8.11. The number of nitrogens with zero attached hydrogens (tertiary/aromatic N) is 3. The van der Waals surface area contributed by atoms with Gasteiger partial charge in [0.05, 0.1) is 19.0 Å². The Bertz CT molecular complexity index is 560. The molecule has 0 amide bonds. The number of ether oxygens (including phenoxy) is 1. The van der Waals surface area contributed by atoms with Gasteiger partial charge in [-0.15, -0.1) is 5.10 Å². The molecular formula is C11H9Cl2N3O. The van der Waals surface area contributed by atoms with Crippen molar-refractivity contribution in [1.82, 2.24) is 15.2 Å². The van der Waals surface area contributed by atoms with E-state index in [1.165, 1.54) is 6.20 Å². The lowest BCUT2D eigenvalue weighted by molar-refractivity contribution is 0.416. The second-order valence-corrected chi connectivity index (χ2v) is 4.16. The molecule has 0 spiro atoms. The minimum atomic E-state index is 0.0845. The van der Waals surface area contributed by atoms with Crippen LogP contribution in [0.1, 0.15) is 5.56 Å². The first-order valence-electron chi connectivity index (χ1n) is 4.81. The van der Waals surface area contributed by atoms with Gasteiger partial charge in [0.1, 0.15) is 5.75 Å². The standard InChI is InChI=1S/C11H9Cl2N3O/c1-6-3-10(17-2)7(4-8(6)12)9-5-14-16-11(13)15-9/h3-5H,1-2H3. The number of halogens is 2. The Labute approximate surface area is 109 Å². The first kappa shape index (κ1) is 12.1. The summed E-state index contributed by atoms with van der Waals surface area (Å²) < 4.78 is 5.29. The largest absolute Gasteiger partial charge is 0.496 e. The summed E-state index contributed by atoms with van der Waals surface area (Å²) in [6.45, 7) is 1.90. The van der Waals surface area contributed by atoms with Crippen LogP contribution in [0.15, 0.2) is 18.3 Å². The lowest BCUT2D eigenvalue weighted by atomic mass is 10.1. The summed E-state index contributed by atoms with van der Waals surface area (Å²) in [4.78, 5) is 4.08. The molecule has 88 valence electrons. The van der Waals surface area contributed by atoms with E-state index in [1.807, 2.05) is 13.0 Å². The van der Waals surface area contributed by atoms with E-state index in [0.717, 1.165) is 11.1 Å². The molecule has 0 radical (unpaired) electrons. The lowest BCUT2D eigenvalue weighted by Gasteiger charge is -2.10. The van der Waals surface area contributed by atoms with E-state index in [0.29, 0.717) is 16.5 Å². The maximum absolute atomic E-state index is 6.08. The molecule has 0 fully saturated rings. The lowest BCUT2D eigenvalue weighted by Crippen LogP contribution is -1.94. The normalized spacial score (nSPS) is 10.4. The van der Waals surface area contributed by atoms with E-state index in [2.05, 4.69) is 15.2 Å². The van der Waals surface area contributed by atoms with Crippen molar-refractivity contribution in [3.63, 3.8) is 0 Å². The maximum atomic E-state index is 6.08. The van der Waals surface area contributed by atoms with Gasteiger partial charge in [0.15, 0.2) is 0 Å². The molecule has 17 heavy (non-hydrogen) atoms. The number of hydrogen-bond acceptors (Lipinski definition) is 4. The third-order valence-electron chi connectivity index (χ3n) is 2.29. The molecule has 0 aliphatic rings. The Morgan fingerprint density at radius 2 is 2.00 bits per heavy atom. The molecule has 0 saturated heterocycles. The highest BCUT2D eigenvalue weighted by Gasteiger charge is 2.11. The van der Waals surface area contributed by atoms with Gasteiger partial charge in [-0.1, -0.05) is 11.6 Å². The van der Waals surface area contributed by atoms with Gasteiger partial charge in [-0.2, -0.15) is 5.10 Å². The number of aromatic nitrogens is 3. The topological polar surface area (TPSA) is 47.9 Å². The van der Waals surface area contributed by atoms with Gasteiger partial charge >= 0.3 is 0 Å². The second-order valence-electron chi connectivity index (χ2n) is 3.41. The van der Waals surface area contributed by atoms with Crippen LogP contribution in [0.4, 0.5) is 0 Å². The van der Waals surface area contributed by atoms with Crippen LogP contribution in [0, 0.1) is 6.92 Å². The quantitative estimate of drug-likeness (QED) is 0.840. The van der Waals surface area contributed by atoms with Crippen molar-refractivity contribution in [2.75, 3.05) is 7.11 Å². The number of benzene rings is 1. The molecule has 0 saturated carbocycles. The maximum Gasteiger partial charge on any atom is 0.243 e.